The number of nitrogens with two attached hydrogens (primary N) is 1. The van der Waals surface area contributed by atoms with Crippen molar-refractivity contribution in [3.05, 3.63) is 20.3 Å². The molecular formula is C9H11FIN3O4. The van der Waals surface area contributed by atoms with E-state index in [-0.39, 0.29) is 5.82 Å². The van der Waals surface area contributed by atoms with Gasteiger partial charge in [-0.15, -0.1) is 0 Å². The Labute approximate surface area is 115 Å². The van der Waals surface area contributed by atoms with Crippen LogP contribution >= 0.6 is 22.6 Å². The standard InChI is InChI=1S/C9H11FIN3O4/c10-5-6(16)4(2-15)18-8(5)14-1-3(11)7(12)13-9(14)17/h1,4-6,8,15-16H,2H2,(H2,12,13,17)/t4-,5?,6?,8-/m1/s1. The molecule has 100 valence electrons. The Balaban J connectivity index is 2.39. The number of ether oxygens (including phenoxy) is 1. The number of rotatable bonds is 2. The van der Waals surface area contributed by atoms with Crippen LogP contribution in [-0.2, 0) is 4.74 Å². The van der Waals surface area contributed by atoms with Gasteiger partial charge in [0, 0.05) is 6.20 Å². The Bertz CT molecular complexity index is 511. The third-order valence-electron chi connectivity index (χ3n) is 2.68. The number of aliphatic hydroxyl groups excluding tert-OH is 2. The zero-order valence-corrected chi connectivity index (χ0v) is 11.2. The van der Waals surface area contributed by atoms with Crippen molar-refractivity contribution >= 4 is 28.4 Å². The van der Waals surface area contributed by atoms with Crippen molar-refractivity contribution in [3.63, 3.8) is 0 Å². The first-order valence-electron chi connectivity index (χ1n) is 5.08. The van der Waals surface area contributed by atoms with E-state index in [2.05, 4.69) is 4.98 Å². The number of anilines is 1. The molecule has 1 fully saturated rings. The second kappa shape index (κ2) is 5.07. The van der Waals surface area contributed by atoms with Gasteiger partial charge in [0.15, 0.2) is 12.4 Å². The van der Waals surface area contributed by atoms with Gasteiger partial charge < -0.3 is 20.7 Å². The van der Waals surface area contributed by atoms with Gasteiger partial charge in [0.2, 0.25) is 0 Å². The van der Waals surface area contributed by atoms with Crippen LogP contribution < -0.4 is 11.4 Å². The fraction of sp³-hybridized carbons (Fsp3) is 0.556. The lowest BCUT2D eigenvalue weighted by Crippen LogP contribution is -2.34. The van der Waals surface area contributed by atoms with Crippen molar-refractivity contribution in [2.45, 2.75) is 24.6 Å². The molecule has 7 nitrogen and oxygen atoms in total. The molecule has 0 amide bonds. The van der Waals surface area contributed by atoms with E-state index in [0.717, 1.165) is 4.57 Å². The first-order valence-corrected chi connectivity index (χ1v) is 6.16. The summed E-state index contributed by atoms with van der Waals surface area (Å²) in [7, 11) is 0. The maximum Gasteiger partial charge on any atom is 0.351 e. The fourth-order valence-electron chi connectivity index (χ4n) is 1.72. The number of nitrogens with zero attached hydrogens (tertiary/aromatic N) is 2. The number of hydrogen-bond acceptors (Lipinski definition) is 6. The number of nitrogen functional groups attached to an aromatic ring is 1. The van der Waals surface area contributed by atoms with E-state index in [4.69, 9.17) is 15.6 Å². The summed E-state index contributed by atoms with van der Waals surface area (Å²) in [6.07, 6.45) is -4.38. The number of hydrogen-bond donors (Lipinski definition) is 3. The maximum atomic E-state index is 13.8. The lowest BCUT2D eigenvalue weighted by molar-refractivity contribution is -0.0491. The number of aromatic nitrogens is 2. The number of alkyl halides is 1. The Morgan fingerprint density at radius 3 is 2.89 bits per heavy atom. The van der Waals surface area contributed by atoms with Crippen LogP contribution in [0.4, 0.5) is 10.2 Å². The monoisotopic (exact) mass is 371 g/mol. The Morgan fingerprint density at radius 2 is 2.33 bits per heavy atom. The van der Waals surface area contributed by atoms with Crippen LogP contribution in [0.3, 0.4) is 0 Å². The lowest BCUT2D eigenvalue weighted by atomic mass is 10.1. The molecule has 18 heavy (non-hydrogen) atoms. The summed E-state index contributed by atoms with van der Waals surface area (Å²) in [6.45, 7) is -0.535. The van der Waals surface area contributed by atoms with Crippen LogP contribution in [0.15, 0.2) is 11.0 Å². The van der Waals surface area contributed by atoms with Gasteiger partial charge in [0.05, 0.1) is 10.2 Å². The largest absolute Gasteiger partial charge is 0.394 e. The van der Waals surface area contributed by atoms with Crippen molar-refractivity contribution < 1.29 is 19.3 Å². The van der Waals surface area contributed by atoms with Gasteiger partial charge in [-0.05, 0) is 22.6 Å². The van der Waals surface area contributed by atoms with E-state index in [0.29, 0.717) is 3.57 Å². The van der Waals surface area contributed by atoms with E-state index in [9.17, 15) is 14.3 Å². The third kappa shape index (κ3) is 2.22. The van der Waals surface area contributed by atoms with Gasteiger partial charge in [0.1, 0.15) is 18.0 Å². The summed E-state index contributed by atoms with van der Waals surface area (Å²) < 4.78 is 20.3. The molecule has 0 saturated carbocycles. The molecule has 9 heteroatoms. The molecule has 2 rings (SSSR count). The van der Waals surface area contributed by atoms with E-state index in [1.54, 1.807) is 0 Å². The predicted molar refractivity (Wildman–Crippen MR) is 67.5 cm³/mol. The van der Waals surface area contributed by atoms with E-state index < -0.39 is 36.9 Å². The smallest absolute Gasteiger partial charge is 0.351 e. The van der Waals surface area contributed by atoms with E-state index >= 15 is 0 Å². The van der Waals surface area contributed by atoms with Crippen LogP contribution in [0.1, 0.15) is 6.23 Å². The molecule has 0 aliphatic carbocycles. The molecular weight excluding hydrogens is 360 g/mol. The zero-order valence-electron chi connectivity index (χ0n) is 9.03. The highest BCUT2D eigenvalue weighted by atomic mass is 127. The Hall–Kier alpha value is -0.780. The summed E-state index contributed by atoms with van der Waals surface area (Å²) >= 11 is 1.84. The number of halogens is 2. The summed E-state index contributed by atoms with van der Waals surface area (Å²) in [5, 5.41) is 18.4. The molecule has 2 heterocycles. The second-order valence-electron chi connectivity index (χ2n) is 3.85. The SMILES string of the molecule is Nc1nc(=O)n([C@@H]2O[C@H](CO)C(O)C2F)cc1I. The maximum absolute atomic E-state index is 13.8. The van der Waals surface area contributed by atoms with Crippen molar-refractivity contribution in [1.82, 2.24) is 9.55 Å². The minimum absolute atomic E-state index is 0.0458. The molecule has 4 N–H and O–H groups in total. The van der Waals surface area contributed by atoms with Crippen molar-refractivity contribution in [3.8, 4) is 0 Å². The van der Waals surface area contributed by atoms with E-state index in [1.807, 2.05) is 22.6 Å². The topological polar surface area (TPSA) is 111 Å². The molecule has 1 aliphatic rings. The minimum Gasteiger partial charge on any atom is -0.394 e. The van der Waals surface area contributed by atoms with Gasteiger partial charge in [0.25, 0.3) is 0 Å². The number of aliphatic hydroxyl groups is 2. The van der Waals surface area contributed by atoms with Gasteiger partial charge in [-0.2, -0.15) is 4.98 Å². The average molecular weight is 371 g/mol. The van der Waals surface area contributed by atoms with Crippen LogP contribution in [0.5, 0.6) is 0 Å². The lowest BCUT2D eigenvalue weighted by Gasteiger charge is -2.16. The molecule has 2 unspecified atom stereocenters. The first kappa shape index (κ1) is 13.6. The summed E-state index contributed by atoms with van der Waals surface area (Å²) in [4.78, 5) is 15.1. The van der Waals surface area contributed by atoms with Gasteiger partial charge in [-0.25, -0.2) is 9.18 Å². The first-order chi connectivity index (χ1) is 8.45. The molecule has 0 radical (unpaired) electrons. The van der Waals surface area contributed by atoms with Crippen LogP contribution in [-0.4, -0.2) is 44.8 Å². The summed E-state index contributed by atoms with van der Waals surface area (Å²) in [5.74, 6) is 0.0458. The van der Waals surface area contributed by atoms with Crippen LogP contribution in [0, 0.1) is 3.57 Å². The van der Waals surface area contributed by atoms with Crippen molar-refractivity contribution in [2.24, 2.45) is 0 Å². The summed E-state index contributed by atoms with van der Waals surface area (Å²) in [6, 6.07) is 0. The molecule has 1 saturated heterocycles. The molecule has 4 atom stereocenters. The Morgan fingerprint density at radius 1 is 1.67 bits per heavy atom. The van der Waals surface area contributed by atoms with Gasteiger partial charge in [-0.3, -0.25) is 4.57 Å². The average Bonchev–Trinajstić information content (AvgIpc) is 2.61. The fourth-order valence-corrected chi connectivity index (χ4v) is 2.14. The highest BCUT2D eigenvalue weighted by Crippen LogP contribution is 2.31. The normalized spacial score (nSPS) is 31.8. The van der Waals surface area contributed by atoms with Crippen molar-refractivity contribution in [2.75, 3.05) is 12.3 Å². The second-order valence-corrected chi connectivity index (χ2v) is 5.01. The molecule has 1 aromatic heterocycles. The molecule has 1 aromatic rings. The van der Waals surface area contributed by atoms with Crippen molar-refractivity contribution in [1.29, 1.82) is 0 Å². The van der Waals surface area contributed by atoms with Gasteiger partial charge in [-0.1, -0.05) is 0 Å². The third-order valence-corrected chi connectivity index (χ3v) is 3.51. The highest BCUT2D eigenvalue weighted by Gasteiger charge is 2.45. The van der Waals surface area contributed by atoms with Gasteiger partial charge >= 0.3 is 5.69 Å². The predicted octanol–water partition coefficient (Wildman–Crippen LogP) is -0.981. The minimum atomic E-state index is -1.82. The van der Waals surface area contributed by atoms with E-state index in [1.165, 1.54) is 6.20 Å². The van der Waals surface area contributed by atoms with Crippen LogP contribution in [0.25, 0.3) is 0 Å². The quantitative estimate of drug-likeness (QED) is 0.577. The highest BCUT2D eigenvalue weighted by molar-refractivity contribution is 14.1. The molecule has 1 aliphatic heterocycles. The summed E-state index contributed by atoms with van der Waals surface area (Å²) in [5.41, 5.74) is 4.68. The molecule has 0 aromatic carbocycles. The Kier molecular flexibility index (Phi) is 3.84. The molecule has 0 spiro atoms. The zero-order chi connectivity index (χ0) is 13.4. The van der Waals surface area contributed by atoms with Crippen LogP contribution in [0.2, 0.25) is 0 Å². The molecule has 0 bridgehead atoms.